The van der Waals surface area contributed by atoms with Crippen LogP contribution in [0, 0.1) is 5.41 Å². The van der Waals surface area contributed by atoms with Crippen molar-refractivity contribution in [2.75, 3.05) is 13.2 Å². The first-order chi connectivity index (χ1) is 18.4. The fourth-order valence-electron chi connectivity index (χ4n) is 4.28. The van der Waals surface area contributed by atoms with Gasteiger partial charge in [-0.05, 0) is 53.6 Å². The zero-order valence-electron chi connectivity index (χ0n) is 22.6. The molecule has 3 rings (SSSR count). The van der Waals surface area contributed by atoms with E-state index < -0.39 is 26.9 Å². The number of hydrogen-bond donors (Lipinski definition) is 3. The van der Waals surface area contributed by atoms with Gasteiger partial charge >= 0.3 is 0 Å². The molecule has 0 aliphatic heterocycles. The molecule has 0 saturated carbocycles. The molecule has 3 aromatic rings. The maximum absolute atomic E-state index is 13.4. The van der Waals surface area contributed by atoms with E-state index in [-0.39, 0.29) is 17.2 Å². The zero-order valence-corrected chi connectivity index (χ0v) is 23.5. The zero-order chi connectivity index (χ0) is 28.5. The van der Waals surface area contributed by atoms with Gasteiger partial charge < -0.3 is 15.8 Å². The lowest BCUT2D eigenvalue weighted by atomic mass is 9.70. The van der Waals surface area contributed by atoms with E-state index in [1.165, 1.54) is 24.3 Å². The molecule has 0 aromatic heterocycles. The van der Waals surface area contributed by atoms with E-state index >= 15 is 0 Å². The third kappa shape index (κ3) is 7.98. The lowest BCUT2D eigenvalue weighted by Crippen LogP contribution is -2.64. The standard InChI is InChI=1S/C30H37N3O5S/c1-29(2,3)30(28(31)35,19-18-23-10-6-4-7-11-23)33-39(36,37)26-16-14-25(15-17-26)27(34)32-20-21-38-22-24-12-8-5-9-13-24/h4-17,33H,18-22H2,1-3H3,(H2,31,35)(H,32,34). The second-order valence-electron chi connectivity index (χ2n) is 10.4. The van der Waals surface area contributed by atoms with Crippen LogP contribution in [0.15, 0.2) is 89.8 Å². The Bertz CT molecular complexity index is 1340. The summed E-state index contributed by atoms with van der Waals surface area (Å²) < 4.78 is 35.0. The molecule has 9 heteroatoms. The summed E-state index contributed by atoms with van der Waals surface area (Å²) in [5, 5.41) is 2.76. The van der Waals surface area contributed by atoms with Crippen molar-refractivity contribution in [1.29, 1.82) is 0 Å². The summed E-state index contributed by atoms with van der Waals surface area (Å²) in [6.45, 7) is 6.43. The molecule has 0 bridgehead atoms. The molecular formula is C30H37N3O5S. The molecule has 1 atom stereocenters. The minimum Gasteiger partial charge on any atom is -0.375 e. The van der Waals surface area contributed by atoms with Gasteiger partial charge in [0.2, 0.25) is 15.9 Å². The van der Waals surface area contributed by atoms with E-state index in [2.05, 4.69) is 10.0 Å². The van der Waals surface area contributed by atoms with Crippen molar-refractivity contribution in [3.05, 3.63) is 102 Å². The highest BCUT2D eigenvalue weighted by atomic mass is 32.2. The van der Waals surface area contributed by atoms with E-state index in [1.807, 2.05) is 60.7 Å². The summed E-state index contributed by atoms with van der Waals surface area (Å²) in [5.41, 5.74) is 5.79. The van der Waals surface area contributed by atoms with Gasteiger partial charge in [-0.3, -0.25) is 9.59 Å². The van der Waals surface area contributed by atoms with Gasteiger partial charge in [0.25, 0.3) is 5.91 Å². The number of nitrogens with two attached hydrogens (primary N) is 1. The van der Waals surface area contributed by atoms with E-state index in [4.69, 9.17) is 10.5 Å². The van der Waals surface area contributed by atoms with Crippen LogP contribution in [0.5, 0.6) is 0 Å². The second-order valence-corrected chi connectivity index (χ2v) is 12.1. The predicted octanol–water partition coefficient (Wildman–Crippen LogP) is 3.81. The van der Waals surface area contributed by atoms with Crippen LogP contribution in [0.3, 0.4) is 0 Å². The number of ether oxygens (including phenoxy) is 1. The number of rotatable bonds is 13. The van der Waals surface area contributed by atoms with Gasteiger partial charge in [0.05, 0.1) is 18.1 Å². The molecule has 1 unspecified atom stereocenters. The van der Waals surface area contributed by atoms with Crippen molar-refractivity contribution < 1.29 is 22.7 Å². The van der Waals surface area contributed by atoms with Gasteiger partial charge in [0.15, 0.2) is 0 Å². The summed E-state index contributed by atoms with van der Waals surface area (Å²) in [5.74, 6) is -1.10. The Kier molecular flexibility index (Phi) is 10.0. The van der Waals surface area contributed by atoms with Gasteiger partial charge in [0.1, 0.15) is 5.54 Å². The molecule has 2 amide bonds. The minimum atomic E-state index is -4.15. The summed E-state index contributed by atoms with van der Waals surface area (Å²) in [6.07, 6.45) is 0.639. The number of aryl methyl sites for hydroxylation is 1. The average molecular weight is 552 g/mol. The molecule has 0 spiro atoms. The lowest BCUT2D eigenvalue weighted by Gasteiger charge is -2.42. The molecular weight excluding hydrogens is 514 g/mol. The van der Waals surface area contributed by atoms with Crippen LogP contribution in [0.25, 0.3) is 0 Å². The number of primary amides is 1. The Balaban J connectivity index is 1.65. The number of sulfonamides is 1. The second kappa shape index (κ2) is 13.0. The Morgan fingerprint density at radius 1 is 0.846 bits per heavy atom. The number of amides is 2. The molecule has 0 saturated heterocycles. The summed E-state index contributed by atoms with van der Waals surface area (Å²) in [7, 11) is -4.15. The molecule has 39 heavy (non-hydrogen) atoms. The Morgan fingerprint density at radius 2 is 1.41 bits per heavy atom. The highest BCUT2D eigenvalue weighted by Gasteiger charge is 2.49. The van der Waals surface area contributed by atoms with Crippen molar-refractivity contribution >= 4 is 21.8 Å². The third-order valence-corrected chi connectivity index (χ3v) is 8.22. The van der Waals surface area contributed by atoms with Crippen molar-refractivity contribution in [3.8, 4) is 0 Å². The Labute approximate surface area is 231 Å². The topological polar surface area (TPSA) is 128 Å². The predicted molar refractivity (Wildman–Crippen MR) is 151 cm³/mol. The van der Waals surface area contributed by atoms with Gasteiger partial charge in [-0.25, -0.2) is 8.42 Å². The first-order valence-corrected chi connectivity index (χ1v) is 14.3. The van der Waals surface area contributed by atoms with Crippen LogP contribution in [0.1, 0.15) is 48.7 Å². The molecule has 4 N–H and O–H groups in total. The maximum atomic E-state index is 13.4. The van der Waals surface area contributed by atoms with Crippen molar-refractivity contribution in [1.82, 2.24) is 10.0 Å². The van der Waals surface area contributed by atoms with Crippen LogP contribution >= 0.6 is 0 Å². The molecule has 0 radical (unpaired) electrons. The maximum Gasteiger partial charge on any atom is 0.251 e. The molecule has 208 valence electrons. The summed E-state index contributed by atoms with van der Waals surface area (Å²) >= 11 is 0. The van der Waals surface area contributed by atoms with Gasteiger partial charge in [-0.1, -0.05) is 81.4 Å². The monoisotopic (exact) mass is 551 g/mol. The molecule has 0 aliphatic carbocycles. The molecule has 8 nitrogen and oxygen atoms in total. The van der Waals surface area contributed by atoms with Crippen molar-refractivity contribution in [2.24, 2.45) is 11.1 Å². The summed E-state index contributed by atoms with van der Waals surface area (Å²) in [4.78, 5) is 25.2. The third-order valence-electron chi connectivity index (χ3n) is 6.71. The van der Waals surface area contributed by atoms with Crippen LogP contribution < -0.4 is 15.8 Å². The molecule has 0 heterocycles. The van der Waals surface area contributed by atoms with Gasteiger partial charge in [-0.15, -0.1) is 0 Å². The smallest absolute Gasteiger partial charge is 0.251 e. The fourth-order valence-corrected chi connectivity index (χ4v) is 5.86. The van der Waals surface area contributed by atoms with Crippen LogP contribution in [-0.2, 0) is 32.6 Å². The minimum absolute atomic E-state index is 0.0696. The van der Waals surface area contributed by atoms with E-state index in [0.29, 0.717) is 31.7 Å². The van der Waals surface area contributed by atoms with Crippen molar-refractivity contribution in [3.63, 3.8) is 0 Å². The molecule has 3 aromatic carbocycles. The van der Waals surface area contributed by atoms with Crippen LogP contribution in [0.4, 0.5) is 0 Å². The number of hydrogen-bond acceptors (Lipinski definition) is 5. The number of carbonyl (C=O) groups excluding carboxylic acids is 2. The van der Waals surface area contributed by atoms with Gasteiger partial charge in [0, 0.05) is 12.1 Å². The van der Waals surface area contributed by atoms with Gasteiger partial charge in [-0.2, -0.15) is 4.72 Å². The van der Waals surface area contributed by atoms with Crippen molar-refractivity contribution in [2.45, 2.75) is 50.7 Å². The van der Waals surface area contributed by atoms with E-state index in [1.54, 1.807) is 20.8 Å². The largest absolute Gasteiger partial charge is 0.375 e. The fraction of sp³-hybridized carbons (Fsp3) is 0.333. The van der Waals surface area contributed by atoms with E-state index in [0.717, 1.165) is 11.1 Å². The molecule has 0 fully saturated rings. The van der Waals surface area contributed by atoms with Crippen LogP contribution in [0.2, 0.25) is 0 Å². The number of benzene rings is 3. The quantitative estimate of drug-likeness (QED) is 0.278. The highest BCUT2D eigenvalue weighted by Crippen LogP contribution is 2.36. The average Bonchev–Trinajstić information content (AvgIpc) is 2.91. The van der Waals surface area contributed by atoms with Crippen LogP contribution in [-0.4, -0.2) is 38.9 Å². The first kappa shape index (κ1) is 30.0. The first-order valence-electron chi connectivity index (χ1n) is 12.8. The molecule has 0 aliphatic rings. The Morgan fingerprint density at radius 3 is 1.95 bits per heavy atom. The Hall–Kier alpha value is -3.53. The lowest BCUT2D eigenvalue weighted by molar-refractivity contribution is -0.128. The number of nitrogens with one attached hydrogen (secondary N) is 2. The number of carbonyl (C=O) groups is 2. The highest BCUT2D eigenvalue weighted by molar-refractivity contribution is 7.89. The normalized spacial score (nSPS) is 13.4. The van der Waals surface area contributed by atoms with E-state index in [9.17, 15) is 18.0 Å². The SMILES string of the molecule is CC(C)(C)C(CCc1ccccc1)(NS(=O)(=O)c1ccc(C(=O)NCCOCc2ccccc2)cc1)C(N)=O. The summed E-state index contributed by atoms with van der Waals surface area (Å²) in [6, 6.07) is 24.8.